The molecule has 0 aromatic rings. The molecule has 0 radical (unpaired) electrons. The number of hydrogen-bond donors (Lipinski definition) is 1. The third kappa shape index (κ3) is 34.4. The molecular formula is C37H73NO8P+. The number of carbonyl (C=O) groups excluding carboxylic acids is 2. The van der Waals surface area contributed by atoms with E-state index >= 15 is 0 Å². The van der Waals surface area contributed by atoms with Crippen molar-refractivity contribution in [2.45, 2.75) is 167 Å². The molecule has 0 aliphatic heterocycles. The maximum absolute atomic E-state index is 12.5. The fraction of sp³-hybridized carbons (Fsp3) is 0.892. The van der Waals surface area contributed by atoms with Crippen LogP contribution in [0.2, 0.25) is 0 Å². The summed E-state index contributed by atoms with van der Waals surface area (Å²) in [5.41, 5.74) is 0. The van der Waals surface area contributed by atoms with Gasteiger partial charge in [-0.1, -0.05) is 129 Å². The van der Waals surface area contributed by atoms with Crippen LogP contribution < -0.4 is 0 Å². The fourth-order valence-corrected chi connectivity index (χ4v) is 5.91. The van der Waals surface area contributed by atoms with Gasteiger partial charge in [-0.2, -0.15) is 0 Å². The number of unbranched alkanes of at least 4 members (excludes halogenated alkanes) is 20. The van der Waals surface area contributed by atoms with Crippen molar-refractivity contribution in [3.05, 3.63) is 12.7 Å². The number of rotatable bonds is 35. The lowest BCUT2D eigenvalue weighted by Gasteiger charge is -2.24. The summed E-state index contributed by atoms with van der Waals surface area (Å²) in [7, 11) is 1.47. The van der Waals surface area contributed by atoms with Crippen molar-refractivity contribution in [1.29, 1.82) is 0 Å². The van der Waals surface area contributed by atoms with Crippen LogP contribution in [0.4, 0.5) is 0 Å². The van der Waals surface area contributed by atoms with E-state index in [0.29, 0.717) is 23.9 Å². The lowest BCUT2D eigenvalue weighted by molar-refractivity contribution is -0.870. The zero-order chi connectivity index (χ0) is 35.1. The molecule has 0 saturated heterocycles. The summed E-state index contributed by atoms with van der Waals surface area (Å²) in [6.45, 7) is 5.91. The summed E-state index contributed by atoms with van der Waals surface area (Å²) in [5.74, 6) is -0.814. The number of phosphoric acid groups is 1. The third-order valence-electron chi connectivity index (χ3n) is 8.19. The number of esters is 2. The molecular weight excluding hydrogens is 617 g/mol. The highest BCUT2D eigenvalue weighted by Gasteiger charge is 2.27. The smallest absolute Gasteiger partial charge is 0.462 e. The maximum atomic E-state index is 12.5. The van der Waals surface area contributed by atoms with Crippen LogP contribution in [0.1, 0.15) is 161 Å². The Morgan fingerprint density at radius 3 is 1.60 bits per heavy atom. The van der Waals surface area contributed by atoms with Gasteiger partial charge in [0.15, 0.2) is 6.10 Å². The average Bonchev–Trinajstić information content (AvgIpc) is 3.01. The van der Waals surface area contributed by atoms with Crippen molar-refractivity contribution in [3.8, 4) is 0 Å². The molecule has 10 heteroatoms. The van der Waals surface area contributed by atoms with E-state index in [1.807, 2.05) is 27.2 Å². The van der Waals surface area contributed by atoms with E-state index < -0.39 is 26.5 Å². The Labute approximate surface area is 288 Å². The van der Waals surface area contributed by atoms with Gasteiger partial charge >= 0.3 is 19.8 Å². The van der Waals surface area contributed by atoms with E-state index in [-0.39, 0.29) is 25.6 Å². The van der Waals surface area contributed by atoms with Gasteiger partial charge in [-0.3, -0.25) is 18.6 Å². The van der Waals surface area contributed by atoms with E-state index in [9.17, 15) is 19.0 Å². The predicted molar refractivity (Wildman–Crippen MR) is 192 cm³/mol. The zero-order valence-corrected chi connectivity index (χ0v) is 31.8. The summed E-state index contributed by atoms with van der Waals surface area (Å²) in [6.07, 6.45) is 27.4. The van der Waals surface area contributed by atoms with E-state index in [2.05, 4.69) is 13.5 Å². The van der Waals surface area contributed by atoms with Crippen LogP contribution in [0.15, 0.2) is 12.7 Å². The molecule has 2 atom stereocenters. The quantitative estimate of drug-likeness (QED) is 0.0230. The molecule has 0 rings (SSSR count). The van der Waals surface area contributed by atoms with Crippen LogP contribution in [0.25, 0.3) is 0 Å². The molecule has 0 fully saturated rings. The highest BCUT2D eigenvalue weighted by molar-refractivity contribution is 7.47. The van der Waals surface area contributed by atoms with Crippen molar-refractivity contribution in [2.75, 3.05) is 47.5 Å². The number of carbonyl (C=O) groups is 2. The first-order valence-corrected chi connectivity index (χ1v) is 20.4. The fourth-order valence-electron chi connectivity index (χ4n) is 5.17. The van der Waals surface area contributed by atoms with Crippen LogP contribution in [0.3, 0.4) is 0 Å². The molecule has 0 amide bonds. The second kappa shape index (κ2) is 30.8. The van der Waals surface area contributed by atoms with E-state index in [4.69, 9.17) is 18.5 Å². The highest BCUT2D eigenvalue weighted by Crippen LogP contribution is 2.43. The van der Waals surface area contributed by atoms with Crippen molar-refractivity contribution < 1.29 is 42.1 Å². The first kappa shape index (κ1) is 45.8. The number of hydrogen-bond acceptors (Lipinski definition) is 7. The molecule has 0 heterocycles. The van der Waals surface area contributed by atoms with Crippen LogP contribution in [-0.2, 0) is 32.7 Å². The summed E-state index contributed by atoms with van der Waals surface area (Å²) in [4.78, 5) is 35.0. The molecule has 0 saturated carbocycles. The second-order valence-corrected chi connectivity index (χ2v) is 15.5. The summed E-state index contributed by atoms with van der Waals surface area (Å²) in [6, 6.07) is 0. The van der Waals surface area contributed by atoms with Gasteiger partial charge in [-0.25, -0.2) is 4.57 Å². The molecule has 0 aromatic carbocycles. The van der Waals surface area contributed by atoms with Gasteiger partial charge in [-0.15, -0.1) is 6.58 Å². The molecule has 1 N–H and O–H groups in total. The largest absolute Gasteiger partial charge is 0.472 e. The maximum Gasteiger partial charge on any atom is 0.472 e. The first-order chi connectivity index (χ1) is 22.5. The Hall–Kier alpha value is -1.25. The lowest BCUT2D eigenvalue weighted by Crippen LogP contribution is -2.37. The molecule has 0 aliphatic carbocycles. The third-order valence-corrected chi connectivity index (χ3v) is 9.18. The number of quaternary nitrogens is 1. The van der Waals surface area contributed by atoms with E-state index in [1.54, 1.807) is 0 Å². The zero-order valence-electron chi connectivity index (χ0n) is 30.9. The minimum atomic E-state index is -4.36. The van der Waals surface area contributed by atoms with Gasteiger partial charge < -0.3 is 18.9 Å². The number of allylic oxidation sites excluding steroid dienone is 1. The lowest BCUT2D eigenvalue weighted by atomic mass is 10.0. The number of nitrogens with zero attached hydrogens (tertiary/aromatic N) is 1. The molecule has 9 nitrogen and oxygen atoms in total. The molecule has 0 aliphatic rings. The van der Waals surface area contributed by atoms with Crippen LogP contribution in [-0.4, -0.2) is 74.9 Å². The van der Waals surface area contributed by atoms with Crippen molar-refractivity contribution in [2.24, 2.45) is 0 Å². The topological polar surface area (TPSA) is 108 Å². The Morgan fingerprint density at radius 1 is 0.681 bits per heavy atom. The van der Waals surface area contributed by atoms with Gasteiger partial charge in [0, 0.05) is 12.8 Å². The Kier molecular flexibility index (Phi) is 30.0. The summed E-state index contributed by atoms with van der Waals surface area (Å²) >= 11 is 0. The van der Waals surface area contributed by atoms with Crippen molar-refractivity contribution >= 4 is 19.8 Å². The minimum absolute atomic E-state index is 0.0313. The minimum Gasteiger partial charge on any atom is -0.462 e. The molecule has 0 spiro atoms. The standard InChI is InChI=1S/C37H72NO8P/c1-6-8-10-12-14-16-17-18-19-20-21-22-24-25-27-29-36(39)43-33-35(34-45-47(41,42)44-32-31-38(3,4)5)46-37(40)30-28-26-23-15-13-11-9-7-2/h7,35H,2,6,8-34H2,1,3-5H3/p+1/t35-/m1/s1. The van der Waals surface area contributed by atoms with Crippen molar-refractivity contribution in [3.63, 3.8) is 0 Å². The Morgan fingerprint density at radius 2 is 1.13 bits per heavy atom. The van der Waals surface area contributed by atoms with E-state index in [1.165, 1.54) is 77.0 Å². The van der Waals surface area contributed by atoms with Crippen LogP contribution >= 0.6 is 7.82 Å². The molecule has 278 valence electrons. The van der Waals surface area contributed by atoms with Crippen LogP contribution in [0, 0.1) is 0 Å². The van der Waals surface area contributed by atoms with Gasteiger partial charge in [0.2, 0.25) is 0 Å². The number of likely N-dealkylation sites (N-methyl/N-ethyl adjacent to an activating group) is 1. The van der Waals surface area contributed by atoms with Crippen molar-refractivity contribution in [1.82, 2.24) is 0 Å². The number of ether oxygens (including phenoxy) is 2. The average molecular weight is 691 g/mol. The van der Waals surface area contributed by atoms with Gasteiger partial charge in [0.1, 0.15) is 19.8 Å². The predicted octanol–water partition coefficient (Wildman–Crippen LogP) is 9.85. The molecule has 47 heavy (non-hydrogen) atoms. The Balaban J connectivity index is 4.33. The molecule has 1 unspecified atom stereocenters. The van der Waals surface area contributed by atoms with Gasteiger partial charge in [0.05, 0.1) is 27.7 Å². The molecule has 0 aromatic heterocycles. The Bertz CT molecular complexity index is 817. The summed E-state index contributed by atoms with van der Waals surface area (Å²) < 4.78 is 34.0. The first-order valence-electron chi connectivity index (χ1n) is 18.9. The van der Waals surface area contributed by atoms with Crippen LogP contribution in [0.5, 0.6) is 0 Å². The molecule has 0 bridgehead atoms. The van der Waals surface area contributed by atoms with Gasteiger partial charge in [-0.05, 0) is 25.7 Å². The van der Waals surface area contributed by atoms with E-state index in [0.717, 1.165) is 57.8 Å². The second-order valence-electron chi connectivity index (χ2n) is 14.1. The van der Waals surface area contributed by atoms with Gasteiger partial charge in [0.25, 0.3) is 0 Å². The number of phosphoric ester groups is 1. The highest BCUT2D eigenvalue weighted by atomic mass is 31.2. The normalized spacial score (nSPS) is 13.6. The SMILES string of the molecule is C=CCCCCCCCCC(=O)O[C@H](COC(=O)CCCCCCCCCCCCCCCCC)COP(=O)(O)OCC[N+](C)(C)C. The summed E-state index contributed by atoms with van der Waals surface area (Å²) in [5, 5.41) is 0. The monoisotopic (exact) mass is 691 g/mol.